The summed E-state index contributed by atoms with van der Waals surface area (Å²) in [5.74, 6) is 2.85. The lowest BCUT2D eigenvalue weighted by molar-refractivity contribution is 0.0944. The number of carbonyl (C=O) groups excluding carboxylic acids is 1. The smallest absolute Gasteiger partial charge is 0.163 e. The van der Waals surface area contributed by atoms with E-state index in [1.165, 1.54) is 31.2 Å². The fraction of sp³-hybridized carbons (Fsp3) is 0.611. The molecule has 1 nitrogen and oxygen atoms in total. The SMILES string of the molecule is CCCc1cccc(C(=O)CC2CC3CCC2C3)c1. The number of ketones is 1. The highest BCUT2D eigenvalue weighted by Crippen LogP contribution is 2.49. The van der Waals surface area contributed by atoms with E-state index in [1.807, 2.05) is 12.1 Å². The molecular weight excluding hydrogens is 232 g/mol. The van der Waals surface area contributed by atoms with Crippen molar-refractivity contribution in [1.29, 1.82) is 0 Å². The van der Waals surface area contributed by atoms with Crippen LogP contribution in [0.3, 0.4) is 0 Å². The molecule has 2 aliphatic rings. The Morgan fingerprint density at radius 1 is 1.26 bits per heavy atom. The topological polar surface area (TPSA) is 17.1 Å². The lowest BCUT2D eigenvalue weighted by Gasteiger charge is -2.20. The molecule has 2 fully saturated rings. The van der Waals surface area contributed by atoms with Crippen LogP contribution < -0.4 is 0 Å². The summed E-state index contributed by atoms with van der Waals surface area (Å²) in [7, 11) is 0. The Morgan fingerprint density at radius 2 is 2.16 bits per heavy atom. The van der Waals surface area contributed by atoms with Crippen molar-refractivity contribution in [3.63, 3.8) is 0 Å². The Bertz CT molecular complexity index is 463. The summed E-state index contributed by atoms with van der Waals surface area (Å²) in [6.07, 6.45) is 8.51. The third kappa shape index (κ3) is 2.75. The van der Waals surface area contributed by atoms with Crippen molar-refractivity contribution >= 4 is 5.78 Å². The van der Waals surface area contributed by atoms with Gasteiger partial charge in [0.1, 0.15) is 0 Å². The molecule has 102 valence electrons. The summed E-state index contributed by atoms with van der Waals surface area (Å²) in [6.45, 7) is 2.18. The van der Waals surface area contributed by atoms with Crippen LogP contribution in [-0.2, 0) is 6.42 Å². The van der Waals surface area contributed by atoms with E-state index >= 15 is 0 Å². The average Bonchev–Trinajstić information content (AvgIpc) is 3.02. The van der Waals surface area contributed by atoms with Gasteiger partial charge in [-0.1, -0.05) is 38.0 Å². The summed E-state index contributed by atoms with van der Waals surface area (Å²) >= 11 is 0. The summed E-state index contributed by atoms with van der Waals surface area (Å²) in [5.41, 5.74) is 2.25. The minimum Gasteiger partial charge on any atom is -0.294 e. The van der Waals surface area contributed by atoms with Crippen LogP contribution in [0, 0.1) is 17.8 Å². The van der Waals surface area contributed by atoms with Crippen molar-refractivity contribution < 1.29 is 4.79 Å². The second-order valence-electron chi connectivity index (χ2n) is 6.51. The van der Waals surface area contributed by atoms with Gasteiger partial charge in [0.15, 0.2) is 5.78 Å². The molecule has 3 rings (SSSR count). The van der Waals surface area contributed by atoms with Gasteiger partial charge in [-0.25, -0.2) is 0 Å². The molecular formula is C18H24O. The molecule has 0 saturated heterocycles. The van der Waals surface area contributed by atoms with Gasteiger partial charge in [-0.05, 0) is 55.1 Å². The van der Waals surface area contributed by atoms with Crippen molar-refractivity contribution in [2.75, 3.05) is 0 Å². The maximum atomic E-state index is 12.4. The molecule has 3 unspecified atom stereocenters. The fourth-order valence-electron chi connectivity index (χ4n) is 4.17. The predicted octanol–water partition coefficient (Wildman–Crippen LogP) is 4.65. The highest BCUT2D eigenvalue weighted by molar-refractivity contribution is 5.96. The Labute approximate surface area is 116 Å². The highest BCUT2D eigenvalue weighted by atomic mass is 16.1. The Balaban J connectivity index is 1.65. The van der Waals surface area contributed by atoms with Gasteiger partial charge in [-0.2, -0.15) is 0 Å². The van der Waals surface area contributed by atoms with Crippen molar-refractivity contribution in [3.8, 4) is 0 Å². The number of Topliss-reactive ketones (excluding diaryl/α,β-unsaturated/α-hetero) is 1. The molecule has 0 spiro atoms. The first-order valence-electron chi connectivity index (χ1n) is 7.88. The number of fused-ring (bicyclic) bond motifs is 2. The molecule has 19 heavy (non-hydrogen) atoms. The fourth-order valence-corrected chi connectivity index (χ4v) is 4.17. The zero-order valence-corrected chi connectivity index (χ0v) is 11.9. The second kappa shape index (κ2) is 5.48. The molecule has 1 heteroatoms. The minimum absolute atomic E-state index is 0.371. The van der Waals surface area contributed by atoms with Crippen molar-refractivity contribution in [1.82, 2.24) is 0 Å². The van der Waals surface area contributed by atoms with Crippen molar-refractivity contribution in [3.05, 3.63) is 35.4 Å². The third-order valence-corrected chi connectivity index (χ3v) is 5.12. The number of carbonyl (C=O) groups is 1. The van der Waals surface area contributed by atoms with Gasteiger partial charge in [0.05, 0.1) is 0 Å². The molecule has 0 aliphatic heterocycles. The Morgan fingerprint density at radius 3 is 2.84 bits per heavy atom. The van der Waals surface area contributed by atoms with Gasteiger partial charge in [0.25, 0.3) is 0 Å². The monoisotopic (exact) mass is 256 g/mol. The van der Waals surface area contributed by atoms with E-state index in [9.17, 15) is 4.79 Å². The maximum Gasteiger partial charge on any atom is 0.163 e. The zero-order chi connectivity index (χ0) is 13.2. The van der Waals surface area contributed by atoms with E-state index < -0.39 is 0 Å². The molecule has 2 bridgehead atoms. The summed E-state index contributed by atoms with van der Waals surface area (Å²) in [4.78, 5) is 12.4. The van der Waals surface area contributed by atoms with Gasteiger partial charge in [-0.3, -0.25) is 4.79 Å². The molecule has 2 aliphatic carbocycles. The van der Waals surface area contributed by atoms with E-state index in [2.05, 4.69) is 19.1 Å². The van der Waals surface area contributed by atoms with Gasteiger partial charge in [0, 0.05) is 12.0 Å². The van der Waals surface area contributed by atoms with E-state index in [1.54, 1.807) is 0 Å². The standard InChI is InChI=1S/C18H24O/c1-2-4-13-5-3-6-16(9-13)18(19)12-17-11-14-7-8-15(17)10-14/h3,5-6,9,14-15,17H,2,4,7-8,10-12H2,1H3. The molecule has 0 radical (unpaired) electrons. The number of benzene rings is 1. The normalized spacial score (nSPS) is 28.8. The van der Waals surface area contributed by atoms with Crippen LogP contribution in [0.4, 0.5) is 0 Å². The lowest BCUT2D eigenvalue weighted by Crippen LogP contribution is -2.15. The second-order valence-corrected chi connectivity index (χ2v) is 6.51. The number of hydrogen-bond donors (Lipinski definition) is 0. The summed E-state index contributed by atoms with van der Waals surface area (Å²) in [5, 5.41) is 0. The van der Waals surface area contributed by atoms with E-state index in [0.29, 0.717) is 11.7 Å². The van der Waals surface area contributed by atoms with Gasteiger partial charge in [-0.15, -0.1) is 0 Å². The summed E-state index contributed by atoms with van der Waals surface area (Å²) < 4.78 is 0. The summed E-state index contributed by atoms with van der Waals surface area (Å²) in [6, 6.07) is 8.28. The predicted molar refractivity (Wildman–Crippen MR) is 78.3 cm³/mol. The molecule has 1 aromatic rings. The van der Waals surface area contributed by atoms with Crippen LogP contribution in [0.25, 0.3) is 0 Å². The first-order chi connectivity index (χ1) is 9.26. The molecule has 1 aromatic carbocycles. The van der Waals surface area contributed by atoms with Gasteiger partial charge >= 0.3 is 0 Å². The van der Waals surface area contributed by atoms with Gasteiger partial charge < -0.3 is 0 Å². The first-order valence-corrected chi connectivity index (χ1v) is 7.88. The Kier molecular flexibility index (Phi) is 3.72. The van der Waals surface area contributed by atoms with E-state index in [0.717, 1.165) is 36.7 Å². The van der Waals surface area contributed by atoms with Crippen LogP contribution in [-0.4, -0.2) is 5.78 Å². The molecule has 2 saturated carbocycles. The molecule has 0 aromatic heterocycles. The maximum absolute atomic E-state index is 12.4. The van der Waals surface area contributed by atoms with Gasteiger partial charge in [0.2, 0.25) is 0 Å². The van der Waals surface area contributed by atoms with Crippen molar-refractivity contribution in [2.45, 2.75) is 51.9 Å². The number of aryl methyl sites for hydroxylation is 1. The van der Waals surface area contributed by atoms with Crippen LogP contribution in [0.1, 0.15) is 61.4 Å². The van der Waals surface area contributed by atoms with Crippen LogP contribution in [0.5, 0.6) is 0 Å². The van der Waals surface area contributed by atoms with Crippen LogP contribution in [0.15, 0.2) is 24.3 Å². The minimum atomic E-state index is 0.371. The highest BCUT2D eigenvalue weighted by Gasteiger charge is 2.40. The third-order valence-electron chi connectivity index (χ3n) is 5.12. The van der Waals surface area contributed by atoms with E-state index in [4.69, 9.17) is 0 Å². The molecule has 0 heterocycles. The molecule has 3 atom stereocenters. The number of rotatable bonds is 5. The number of hydrogen-bond acceptors (Lipinski definition) is 1. The molecule has 0 N–H and O–H groups in total. The van der Waals surface area contributed by atoms with Crippen LogP contribution in [0.2, 0.25) is 0 Å². The zero-order valence-electron chi connectivity index (χ0n) is 11.9. The van der Waals surface area contributed by atoms with Crippen LogP contribution >= 0.6 is 0 Å². The van der Waals surface area contributed by atoms with E-state index in [-0.39, 0.29) is 0 Å². The first kappa shape index (κ1) is 12.9. The average molecular weight is 256 g/mol. The quantitative estimate of drug-likeness (QED) is 0.701. The largest absolute Gasteiger partial charge is 0.294 e. The Hall–Kier alpha value is -1.11. The van der Waals surface area contributed by atoms with Crippen molar-refractivity contribution in [2.24, 2.45) is 17.8 Å². The lowest BCUT2D eigenvalue weighted by atomic mass is 9.84. The molecule has 0 amide bonds.